The summed E-state index contributed by atoms with van der Waals surface area (Å²) in [6.07, 6.45) is 0.577. The zero-order chi connectivity index (χ0) is 14.6. The number of rotatable bonds is 6. The summed E-state index contributed by atoms with van der Waals surface area (Å²) >= 11 is 0. The molecule has 5 nitrogen and oxygen atoms in total. The van der Waals surface area contributed by atoms with Gasteiger partial charge in [0.25, 0.3) is 0 Å². The Hall–Kier alpha value is -1.40. The quantitative estimate of drug-likeness (QED) is 0.834. The van der Waals surface area contributed by atoms with E-state index in [1.54, 1.807) is 19.1 Å². The van der Waals surface area contributed by atoms with Crippen LogP contribution in [0.1, 0.15) is 25.8 Å². The van der Waals surface area contributed by atoms with Crippen LogP contribution in [-0.2, 0) is 14.8 Å². The summed E-state index contributed by atoms with van der Waals surface area (Å²) < 4.78 is 26.5. The third-order valence-corrected chi connectivity index (χ3v) is 4.55. The maximum Gasteiger partial charge on any atom is 0.322 e. The normalized spacial score (nSPS) is 14.9. The first-order valence-corrected chi connectivity index (χ1v) is 7.58. The molecule has 0 fully saturated rings. The molecule has 0 aliphatic heterocycles. The highest BCUT2D eigenvalue weighted by Crippen LogP contribution is 2.14. The fraction of sp³-hybridized carbons (Fsp3) is 0.462. The summed E-state index contributed by atoms with van der Waals surface area (Å²) in [6.45, 7) is 5.38. The fourth-order valence-corrected chi connectivity index (χ4v) is 2.90. The van der Waals surface area contributed by atoms with E-state index in [1.807, 2.05) is 13.8 Å². The van der Waals surface area contributed by atoms with E-state index in [0.29, 0.717) is 6.42 Å². The highest BCUT2D eigenvalue weighted by Gasteiger charge is 2.29. The summed E-state index contributed by atoms with van der Waals surface area (Å²) in [5.41, 5.74) is 0.940. The molecule has 106 valence electrons. The Morgan fingerprint density at radius 2 is 1.84 bits per heavy atom. The summed E-state index contributed by atoms with van der Waals surface area (Å²) in [6, 6.07) is 5.16. The van der Waals surface area contributed by atoms with Gasteiger partial charge < -0.3 is 5.11 Å². The highest BCUT2D eigenvalue weighted by molar-refractivity contribution is 7.89. The van der Waals surface area contributed by atoms with Gasteiger partial charge in [-0.2, -0.15) is 4.72 Å². The van der Waals surface area contributed by atoms with Crippen LogP contribution in [-0.4, -0.2) is 25.5 Å². The van der Waals surface area contributed by atoms with Gasteiger partial charge in [0.05, 0.1) is 4.90 Å². The van der Waals surface area contributed by atoms with Crippen LogP contribution < -0.4 is 4.72 Å². The van der Waals surface area contributed by atoms with Crippen molar-refractivity contribution in [2.24, 2.45) is 5.92 Å². The van der Waals surface area contributed by atoms with E-state index in [1.165, 1.54) is 12.1 Å². The smallest absolute Gasteiger partial charge is 0.322 e. The minimum atomic E-state index is -3.81. The Labute approximate surface area is 113 Å². The van der Waals surface area contributed by atoms with Crippen molar-refractivity contribution in [2.45, 2.75) is 38.1 Å². The number of carboxylic acid groups (broad SMARTS) is 1. The number of hydrogen-bond donors (Lipinski definition) is 2. The number of carboxylic acids is 1. The highest BCUT2D eigenvalue weighted by atomic mass is 32.2. The molecule has 2 atom stereocenters. The summed E-state index contributed by atoms with van der Waals surface area (Å²) in [7, 11) is -3.81. The zero-order valence-corrected chi connectivity index (χ0v) is 12.1. The standard InChI is InChI=1S/C13H19NO4S/c1-4-10(3)12(13(15)16)14-19(17,18)11-7-5-9(2)6-8-11/h5-8,10,12,14H,4H2,1-3H3,(H,15,16)/t10-,12-/m0/s1. The van der Waals surface area contributed by atoms with Crippen LogP contribution in [0, 0.1) is 12.8 Å². The van der Waals surface area contributed by atoms with E-state index in [2.05, 4.69) is 4.72 Å². The van der Waals surface area contributed by atoms with Crippen LogP contribution in [0.4, 0.5) is 0 Å². The maximum absolute atomic E-state index is 12.1. The second kappa shape index (κ2) is 6.16. The van der Waals surface area contributed by atoms with Gasteiger partial charge in [0.2, 0.25) is 10.0 Å². The molecule has 19 heavy (non-hydrogen) atoms. The minimum Gasteiger partial charge on any atom is -0.480 e. The van der Waals surface area contributed by atoms with Gasteiger partial charge in [-0.1, -0.05) is 38.0 Å². The molecule has 0 radical (unpaired) electrons. The molecule has 6 heteroatoms. The SMILES string of the molecule is CC[C@H](C)[C@H](NS(=O)(=O)c1ccc(C)cc1)C(=O)O. The Bertz CT molecular complexity index is 536. The Morgan fingerprint density at radius 3 is 2.26 bits per heavy atom. The lowest BCUT2D eigenvalue weighted by atomic mass is 10.0. The number of aryl methyl sites for hydroxylation is 1. The molecule has 0 bridgehead atoms. The first-order chi connectivity index (χ1) is 8.77. The van der Waals surface area contributed by atoms with Crippen LogP contribution in [0.25, 0.3) is 0 Å². The molecule has 1 aromatic carbocycles. The van der Waals surface area contributed by atoms with E-state index in [0.717, 1.165) is 5.56 Å². The van der Waals surface area contributed by atoms with Crippen LogP contribution in [0.3, 0.4) is 0 Å². The first kappa shape index (κ1) is 15.7. The molecule has 1 aromatic rings. The summed E-state index contributed by atoms with van der Waals surface area (Å²) in [5, 5.41) is 9.10. The summed E-state index contributed by atoms with van der Waals surface area (Å²) in [5.74, 6) is -1.44. The Morgan fingerprint density at radius 1 is 1.32 bits per heavy atom. The third kappa shape index (κ3) is 4.04. The fourth-order valence-electron chi connectivity index (χ4n) is 1.60. The van der Waals surface area contributed by atoms with Gasteiger partial charge in [-0.05, 0) is 25.0 Å². The molecular weight excluding hydrogens is 266 g/mol. The molecule has 1 rings (SSSR count). The zero-order valence-electron chi connectivity index (χ0n) is 11.3. The Kier molecular flexibility index (Phi) is 5.08. The Balaban J connectivity index is 3.00. The molecular formula is C13H19NO4S. The van der Waals surface area contributed by atoms with E-state index < -0.39 is 22.0 Å². The second-order valence-corrected chi connectivity index (χ2v) is 6.35. The number of nitrogens with one attached hydrogen (secondary N) is 1. The van der Waals surface area contributed by atoms with Gasteiger partial charge in [-0.25, -0.2) is 8.42 Å². The van der Waals surface area contributed by atoms with Crippen molar-refractivity contribution in [1.82, 2.24) is 4.72 Å². The molecule has 0 spiro atoms. The minimum absolute atomic E-state index is 0.0765. The lowest BCUT2D eigenvalue weighted by Gasteiger charge is -2.20. The topological polar surface area (TPSA) is 83.5 Å². The first-order valence-electron chi connectivity index (χ1n) is 6.09. The maximum atomic E-state index is 12.1. The molecule has 0 unspecified atom stereocenters. The van der Waals surface area contributed by atoms with E-state index in [4.69, 9.17) is 5.11 Å². The van der Waals surface area contributed by atoms with Crippen molar-refractivity contribution >= 4 is 16.0 Å². The predicted molar refractivity (Wildman–Crippen MR) is 72.4 cm³/mol. The van der Waals surface area contributed by atoms with E-state index in [9.17, 15) is 13.2 Å². The number of sulfonamides is 1. The van der Waals surface area contributed by atoms with E-state index in [-0.39, 0.29) is 10.8 Å². The van der Waals surface area contributed by atoms with Crippen LogP contribution in [0.2, 0.25) is 0 Å². The van der Waals surface area contributed by atoms with Crippen molar-refractivity contribution in [3.8, 4) is 0 Å². The lowest BCUT2D eigenvalue weighted by Crippen LogP contribution is -2.44. The predicted octanol–water partition coefficient (Wildman–Crippen LogP) is 1.77. The molecule has 0 saturated heterocycles. The van der Waals surface area contributed by atoms with Gasteiger partial charge in [0.1, 0.15) is 6.04 Å². The summed E-state index contributed by atoms with van der Waals surface area (Å²) in [4.78, 5) is 11.2. The monoisotopic (exact) mass is 285 g/mol. The third-order valence-electron chi connectivity index (χ3n) is 3.09. The molecule has 2 N–H and O–H groups in total. The molecule has 0 aliphatic rings. The van der Waals surface area contributed by atoms with Crippen molar-refractivity contribution < 1.29 is 18.3 Å². The molecule has 0 amide bonds. The van der Waals surface area contributed by atoms with Crippen molar-refractivity contribution in [3.63, 3.8) is 0 Å². The van der Waals surface area contributed by atoms with Gasteiger partial charge in [-0.15, -0.1) is 0 Å². The lowest BCUT2D eigenvalue weighted by molar-refractivity contribution is -0.140. The van der Waals surface area contributed by atoms with E-state index >= 15 is 0 Å². The average Bonchev–Trinajstić information content (AvgIpc) is 2.35. The van der Waals surface area contributed by atoms with Gasteiger partial charge >= 0.3 is 5.97 Å². The average molecular weight is 285 g/mol. The number of hydrogen-bond acceptors (Lipinski definition) is 3. The van der Waals surface area contributed by atoms with Crippen LogP contribution >= 0.6 is 0 Å². The molecule has 0 saturated carbocycles. The molecule has 0 aromatic heterocycles. The number of aliphatic carboxylic acids is 1. The second-order valence-electron chi connectivity index (χ2n) is 4.64. The van der Waals surface area contributed by atoms with Crippen LogP contribution in [0.5, 0.6) is 0 Å². The van der Waals surface area contributed by atoms with Crippen molar-refractivity contribution in [3.05, 3.63) is 29.8 Å². The molecule has 0 heterocycles. The van der Waals surface area contributed by atoms with Crippen LogP contribution in [0.15, 0.2) is 29.2 Å². The van der Waals surface area contributed by atoms with Gasteiger partial charge in [0.15, 0.2) is 0 Å². The van der Waals surface area contributed by atoms with Crippen molar-refractivity contribution in [1.29, 1.82) is 0 Å². The van der Waals surface area contributed by atoms with Gasteiger partial charge in [0, 0.05) is 0 Å². The van der Waals surface area contributed by atoms with Gasteiger partial charge in [-0.3, -0.25) is 4.79 Å². The number of carbonyl (C=O) groups is 1. The molecule has 0 aliphatic carbocycles. The number of benzene rings is 1. The van der Waals surface area contributed by atoms with Crippen molar-refractivity contribution in [2.75, 3.05) is 0 Å². The largest absolute Gasteiger partial charge is 0.480 e.